The smallest absolute Gasteiger partial charge is 0.263 e. The summed E-state index contributed by atoms with van der Waals surface area (Å²) in [5.74, 6) is -0.354. The number of hydrogen-bond donors (Lipinski definition) is 1. The van der Waals surface area contributed by atoms with E-state index in [4.69, 9.17) is 0 Å². The Labute approximate surface area is 119 Å². The molecule has 104 valence electrons. The molecule has 3 heteroatoms. The van der Waals surface area contributed by atoms with E-state index >= 15 is 0 Å². The highest BCUT2D eigenvalue weighted by molar-refractivity contribution is 5.89. The summed E-state index contributed by atoms with van der Waals surface area (Å²) in [6.07, 6.45) is 0. The Morgan fingerprint density at radius 3 is 1.95 bits per heavy atom. The molecule has 1 amide bonds. The lowest BCUT2D eigenvalue weighted by Gasteiger charge is -2.30. The molecule has 0 saturated carbocycles. The highest BCUT2D eigenvalue weighted by atomic mass is 16.3. The fourth-order valence-corrected chi connectivity index (χ4v) is 2.21. The minimum atomic E-state index is -1.65. The van der Waals surface area contributed by atoms with Crippen LogP contribution in [0.4, 0.5) is 0 Å². The van der Waals surface area contributed by atoms with Crippen molar-refractivity contribution in [1.29, 1.82) is 0 Å². The average Bonchev–Trinajstić information content (AvgIpc) is 2.47. The molecular weight excluding hydrogens is 250 g/mol. The summed E-state index contributed by atoms with van der Waals surface area (Å²) in [6.45, 7) is 1.97. The van der Waals surface area contributed by atoms with Gasteiger partial charge < -0.3 is 10.0 Å². The largest absolute Gasteiger partial charge is 0.372 e. The van der Waals surface area contributed by atoms with E-state index in [0.717, 1.165) is 5.56 Å². The molecule has 0 aliphatic rings. The van der Waals surface area contributed by atoms with E-state index in [1.165, 1.54) is 4.90 Å². The molecule has 20 heavy (non-hydrogen) atoms. The number of likely N-dealkylation sites (N-methyl/N-ethyl adjacent to an activating group) is 1. The number of carbonyl (C=O) groups is 1. The van der Waals surface area contributed by atoms with Gasteiger partial charge in [0.1, 0.15) is 0 Å². The predicted molar refractivity (Wildman–Crippen MR) is 79.3 cm³/mol. The summed E-state index contributed by atoms with van der Waals surface area (Å²) in [7, 11) is 3.29. The average molecular weight is 269 g/mol. The van der Waals surface area contributed by atoms with Crippen LogP contribution in [-0.2, 0) is 10.4 Å². The van der Waals surface area contributed by atoms with E-state index in [0.29, 0.717) is 11.1 Å². The topological polar surface area (TPSA) is 40.5 Å². The first kappa shape index (κ1) is 14.3. The number of aliphatic hydroxyl groups is 1. The zero-order valence-electron chi connectivity index (χ0n) is 12.0. The van der Waals surface area contributed by atoms with Crippen molar-refractivity contribution in [2.24, 2.45) is 0 Å². The normalized spacial score (nSPS) is 13.6. The monoisotopic (exact) mass is 269 g/mol. The van der Waals surface area contributed by atoms with Gasteiger partial charge in [-0.1, -0.05) is 60.2 Å². The van der Waals surface area contributed by atoms with Gasteiger partial charge in [-0.15, -0.1) is 0 Å². The Bertz CT molecular complexity index is 590. The van der Waals surface area contributed by atoms with Crippen LogP contribution in [0.5, 0.6) is 0 Å². The van der Waals surface area contributed by atoms with Gasteiger partial charge in [-0.2, -0.15) is 0 Å². The molecule has 0 aromatic heterocycles. The van der Waals surface area contributed by atoms with Crippen molar-refractivity contribution < 1.29 is 9.90 Å². The van der Waals surface area contributed by atoms with Crippen LogP contribution in [0.3, 0.4) is 0 Å². The zero-order valence-corrected chi connectivity index (χ0v) is 12.0. The van der Waals surface area contributed by atoms with Crippen molar-refractivity contribution >= 4 is 5.91 Å². The number of carbonyl (C=O) groups excluding carboxylic acids is 1. The Hall–Kier alpha value is -2.13. The number of amides is 1. The summed E-state index contributed by atoms with van der Waals surface area (Å²) in [6, 6.07) is 16.4. The minimum absolute atomic E-state index is 0.354. The zero-order chi connectivity index (χ0) is 14.8. The van der Waals surface area contributed by atoms with Gasteiger partial charge in [-0.05, 0) is 18.1 Å². The number of aryl methyl sites for hydroxylation is 1. The molecular formula is C17H19NO2. The lowest BCUT2D eigenvalue weighted by molar-refractivity contribution is -0.145. The fourth-order valence-electron chi connectivity index (χ4n) is 2.21. The van der Waals surface area contributed by atoms with Crippen molar-refractivity contribution in [3.05, 3.63) is 71.3 Å². The van der Waals surface area contributed by atoms with Gasteiger partial charge in [0.05, 0.1) is 0 Å². The van der Waals surface area contributed by atoms with Crippen LogP contribution in [0, 0.1) is 6.92 Å². The molecule has 0 radical (unpaired) electrons. The first-order chi connectivity index (χ1) is 9.46. The summed E-state index contributed by atoms with van der Waals surface area (Å²) < 4.78 is 0. The van der Waals surface area contributed by atoms with Crippen molar-refractivity contribution in [2.75, 3.05) is 14.1 Å². The summed E-state index contributed by atoms with van der Waals surface area (Å²) >= 11 is 0. The Morgan fingerprint density at radius 1 is 0.950 bits per heavy atom. The Balaban J connectivity index is 2.61. The van der Waals surface area contributed by atoms with Crippen molar-refractivity contribution in [1.82, 2.24) is 4.90 Å². The molecule has 1 atom stereocenters. The molecule has 0 heterocycles. The van der Waals surface area contributed by atoms with Gasteiger partial charge in [0.25, 0.3) is 5.91 Å². The van der Waals surface area contributed by atoms with Gasteiger partial charge in [0.15, 0.2) is 5.60 Å². The second kappa shape index (κ2) is 5.47. The number of benzene rings is 2. The van der Waals surface area contributed by atoms with E-state index < -0.39 is 5.60 Å². The van der Waals surface area contributed by atoms with Gasteiger partial charge in [-0.25, -0.2) is 0 Å². The van der Waals surface area contributed by atoms with Crippen LogP contribution in [-0.4, -0.2) is 30.0 Å². The van der Waals surface area contributed by atoms with Gasteiger partial charge in [0, 0.05) is 14.1 Å². The number of hydrogen-bond acceptors (Lipinski definition) is 2. The van der Waals surface area contributed by atoms with Crippen LogP contribution < -0.4 is 0 Å². The SMILES string of the molecule is Cc1ccc(C(O)(C(=O)N(C)C)c2ccccc2)cc1. The Morgan fingerprint density at radius 2 is 1.45 bits per heavy atom. The summed E-state index contributed by atoms with van der Waals surface area (Å²) in [5.41, 5.74) is 0.579. The third-order valence-electron chi connectivity index (χ3n) is 3.38. The van der Waals surface area contributed by atoms with Gasteiger partial charge >= 0.3 is 0 Å². The number of nitrogens with zero attached hydrogens (tertiary/aromatic N) is 1. The van der Waals surface area contributed by atoms with Crippen LogP contribution in [0.2, 0.25) is 0 Å². The van der Waals surface area contributed by atoms with Crippen molar-refractivity contribution in [2.45, 2.75) is 12.5 Å². The molecule has 0 spiro atoms. The third-order valence-corrected chi connectivity index (χ3v) is 3.38. The van der Waals surface area contributed by atoms with Crippen LogP contribution in [0.1, 0.15) is 16.7 Å². The maximum Gasteiger partial charge on any atom is 0.263 e. The molecule has 1 N–H and O–H groups in total. The Kier molecular flexibility index (Phi) is 3.91. The lowest BCUT2D eigenvalue weighted by atomic mass is 9.85. The second-order valence-corrected chi connectivity index (χ2v) is 5.14. The highest BCUT2D eigenvalue weighted by Gasteiger charge is 2.40. The molecule has 3 nitrogen and oxygen atoms in total. The van der Waals surface area contributed by atoms with Crippen LogP contribution >= 0.6 is 0 Å². The molecule has 0 saturated heterocycles. The van der Waals surface area contributed by atoms with Gasteiger partial charge in [-0.3, -0.25) is 4.79 Å². The van der Waals surface area contributed by atoms with Crippen molar-refractivity contribution in [3.8, 4) is 0 Å². The summed E-state index contributed by atoms with van der Waals surface area (Å²) in [4.78, 5) is 13.9. The first-order valence-electron chi connectivity index (χ1n) is 6.53. The highest BCUT2D eigenvalue weighted by Crippen LogP contribution is 2.31. The standard InChI is InChI=1S/C17H19NO2/c1-13-9-11-15(12-10-13)17(20,16(19)18(2)3)14-7-5-4-6-8-14/h4-12,20H,1-3H3. The van der Waals surface area contributed by atoms with E-state index in [1.54, 1.807) is 38.4 Å². The van der Waals surface area contributed by atoms with E-state index in [2.05, 4.69) is 0 Å². The minimum Gasteiger partial charge on any atom is -0.372 e. The van der Waals surface area contributed by atoms with Crippen molar-refractivity contribution in [3.63, 3.8) is 0 Å². The fraction of sp³-hybridized carbons (Fsp3) is 0.235. The molecule has 0 aliphatic carbocycles. The van der Waals surface area contributed by atoms with Gasteiger partial charge in [0.2, 0.25) is 0 Å². The second-order valence-electron chi connectivity index (χ2n) is 5.14. The van der Waals surface area contributed by atoms with Crippen LogP contribution in [0.15, 0.2) is 54.6 Å². The maximum absolute atomic E-state index is 12.5. The molecule has 0 aliphatic heterocycles. The molecule has 2 aromatic rings. The summed E-state index contributed by atoms with van der Waals surface area (Å²) in [5, 5.41) is 11.1. The predicted octanol–water partition coefficient (Wildman–Crippen LogP) is 2.32. The first-order valence-corrected chi connectivity index (χ1v) is 6.53. The van der Waals surface area contributed by atoms with Crippen LogP contribution in [0.25, 0.3) is 0 Å². The van der Waals surface area contributed by atoms with E-state index in [9.17, 15) is 9.90 Å². The quantitative estimate of drug-likeness (QED) is 0.929. The number of rotatable bonds is 3. The van der Waals surface area contributed by atoms with E-state index in [-0.39, 0.29) is 5.91 Å². The lowest BCUT2D eigenvalue weighted by Crippen LogP contribution is -2.44. The molecule has 2 aromatic carbocycles. The molecule has 2 rings (SSSR count). The molecule has 1 unspecified atom stereocenters. The van der Waals surface area contributed by atoms with E-state index in [1.807, 2.05) is 37.3 Å². The third kappa shape index (κ3) is 2.45. The molecule has 0 bridgehead atoms. The maximum atomic E-state index is 12.5. The molecule has 0 fully saturated rings.